The average molecular weight is 395 g/mol. The summed E-state index contributed by atoms with van der Waals surface area (Å²) in [5.41, 5.74) is 2.24. The van der Waals surface area contributed by atoms with Crippen molar-refractivity contribution in [1.29, 1.82) is 0 Å². The molecule has 0 saturated heterocycles. The topological polar surface area (TPSA) is 51.2 Å². The Morgan fingerprint density at radius 3 is 2.48 bits per heavy atom. The molecule has 4 nitrogen and oxygen atoms in total. The Balaban J connectivity index is 1.37. The Morgan fingerprint density at radius 2 is 1.74 bits per heavy atom. The van der Waals surface area contributed by atoms with Gasteiger partial charge in [-0.05, 0) is 60.7 Å². The molecular formula is C21H15ClN2O2S. The fourth-order valence-corrected chi connectivity index (χ4v) is 3.57. The maximum Gasteiger partial charge on any atom is 0.255 e. The van der Waals surface area contributed by atoms with Crippen LogP contribution in [0.15, 0.2) is 72.8 Å². The number of nitrogens with zero attached hydrogens (tertiary/aromatic N) is 1. The summed E-state index contributed by atoms with van der Waals surface area (Å²) in [6, 6.07) is 22.0. The van der Waals surface area contributed by atoms with Crippen molar-refractivity contribution < 1.29 is 9.53 Å². The van der Waals surface area contributed by atoms with E-state index in [1.54, 1.807) is 35.6 Å². The van der Waals surface area contributed by atoms with E-state index in [0.717, 1.165) is 21.0 Å². The molecule has 0 atom stereocenters. The lowest BCUT2D eigenvalue weighted by Crippen LogP contribution is -2.11. The summed E-state index contributed by atoms with van der Waals surface area (Å²) in [5.74, 6) is 0.536. The van der Waals surface area contributed by atoms with Crippen LogP contribution in [0.25, 0.3) is 10.2 Å². The fourth-order valence-electron chi connectivity index (χ4n) is 2.57. The molecule has 0 fully saturated rings. The second kappa shape index (κ2) is 7.78. The van der Waals surface area contributed by atoms with Gasteiger partial charge in [0.2, 0.25) is 0 Å². The van der Waals surface area contributed by atoms with Crippen molar-refractivity contribution in [1.82, 2.24) is 4.98 Å². The number of thiazole rings is 1. The Hall–Kier alpha value is -2.89. The first-order chi connectivity index (χ1) is 13.2. The predicted molar refractivity (Wildman–Crippen MR) is 110 cm³/mol. The highest BCUT2D eigenvalue weighted by molar-refractivity contribution is 7.18. The van der Waals surface area contributed by atoms with Gasteiger partial charge < -0.3 is 10.1 Å². The van der Waals surface area contributed by atoms with E-state index in [1.165, 1.54) is 0 Å². The van der Waals surface area contributed by atoms with Crippen LogP contribution in [0.2, 0.25) is 5.02 Å². The molecule has 0 unspecified atom stereocenters. The van der Waals surface area contributed by atoms with Gasteiger partial charge in [0.25, 0.3) is 5.91 Å². The van der Waals surface area contributed by atoms with Crippen molar-refractivity contribution in [2.75, 3.05) is 5.32 Å². The molecule has 0 saturated carbocycles. The number of carbonyl (C=O) groups is 1. The molecule has 1 amide bonds. The zero-order valence-corrected chi connectivity index (χ0v) is 15.8. The number of halogens is 1. The molecule has 1 aromatic heterocycles. The summed E-state index contributed by atoms with van der Waals surface area (Å²) in [4.78, 5) is 16.8. The molecule has 1 heterocycles. The van der Waals surface area contributed by atoms with Crippen LogP contribution < -0.4 is 10.1 Å². The van der Waals surface area contributed by atoms with Crippen LogP contribution in [-0.4, -0.2) is 10.9 Å². The number of rotatable bonds is 5. The number of ether oxygens (including phenoxy) is 1. The van der Waals surface area contributed by atoms with E-state index in [4.69, 9.17) is 16.3 Å². The van der Waals surface area contributed by atoms with Crippen LogP contribution in [0.5, 0.6) is 5.75 Å². The Kier molecular flexibility index (Phi) is 5.05. The van der Waals surface area contributed by atoms with Gasteiger partial charge >= 0.3 is 0 Å². The van der Waals surface area contributed by atoms with Gasteiger partial charge in [-0.15, -0.1) is 11.3 Å². The van der Waals surface area contributed by atoms with Gasteiger partial charge in [-0.1, -0.05) is 23.7 Å². The molecule has 6 heteroatoms. The van der Waals surface area contributed by atoms with Gasteiger partial charge in [0.1, 0.15) is 17.4 Å². The number of nitrogens with one attached hydrogen (secondary N) is 1. The van der Waals surface area contributed by atoms with Crippen LogP contribution in [0, 0.1) is 0 Å². The van der Waals surface area contributed by atoms with Crippen LogP contribution in [-0.2, 0) is 6.61 Å². The number of benzene rings is 3. The third kappa shape index (κ3) is 4.27. The first-order valence-electron chi connectivity index (χ1n) is 8.32. The molecule has 134 valence electrons. The van der Waals surface area contributed by atoms with Crippen molar-refractivity contribution in [3.8, 4) is 5.75 Å². The minimum atomic E-state index is -0.185. The molecule has 0 bridgehead atoms. The first-order valence-corrected chi connectivity index (χ1v) is 9.51. The summed E-state index contributed by atoms with van der Waals surface area (Å²) >= 11 is 7.47. The third-order valence-corrected chi connectivity index (χ3v) is 5.18. The second-order valence-electron chi connectivity index (χ2n) is 5.85. The quantitative estimate of drug-likeness (QED) is 0.466. The van der Waals surface area contributed by atoms with Gasteiger partial charge in [-0.2, -0.15) is 0 Å². The van der Waals surface area contributed by atoms with E-state index < -0.39 is 0 Å². The Morgan fingerprint density at radius 1 is 1.00 bits per heavy atom. The Bertz CT molecular complexity index is 1040. The van der Waals surface area contributed by atoms with E-state index in [0.29, 0.717) is 22.9 Å². The zero-order chi connectivity index (χ0) is 18.6. The monoisotopic (exact) mass is 394 g/mol. The van der Waals surface area contributed by atoms with Crippen LogP contribution in [0.3, 0.4) is 0 Å². The summed E-state index contributed by atoms with van der Waals surface area (Å²) in [6.45, 7) is 0.413. The van der Waals surface area contributed by atoms with Gasteiger partial charge in [-0.3, -0.25) is 4.79 Å². The normalized spacial score (nSPS) is 10.7. The van der Waals surface area contributed by atoms with Crippen LogP contribution >= 0.6 is 22.9 Å². The van der Waals surface area contributed by atoms with Crippen molar-refractivity contribution in [2.45, 2.75) is 6.61 Å². The van der Waals surface area contributed by atoms with Crippen LogP contribution in [0.4, 0.5) is 5.69 Å². The third-order valence-electron chi connectivity index (χ3n) is 3.92. The summed E-state index contributed by atoms with van der Waals surface area (Å²) in [5, 5.41) is 4.37. The van der Waals surface area contributed by atoms with E-state index in [2.05, 4.69) is 16.4 Å². The molecule has 1 N–H and O–H groups in total. The lowest BCUT2D eigenvalue weighted by atomic mass is 10.2. The molecule has 0 spiro atoms. The number of carbonyl (C=O) groups excluding carboxylic acids is 1. The summed E-state index contributed by atoms with van der Waals surface area (Å²) in [6.07, 6.45) is 0. The van der Waals surface area contributed by atoms with Crippen molar-refractivity contribution in [3.05, 3.63) is 88.4 Å². The molecule has 0 radical (unpaired) electrons. The highest BCUT2D eigenvalue weighted by atomic mass is 35.5. The maximum atomic E-state index is 12.2. The highest BCUT2D eigenvalue weighted by Crippen LogP contribution is 2.23. The van der Waals surface area contributed by atoms with Gasteiger partial charge in [0, 0.05) is 16.3 Å². The molecule has 4 rings (SSSR count). The predicted octanol–water partition coefficient (Wildman–Crippen LogP) is 5.78. The molecule has 3 aromatic carbocycles. The van der Waals surface area contributed by atoms with Gasteiger partial charge in [0.05, 0.1) is 10.2 Å². The smallest absolute Gasteiger partial charge is 0.255 e. The summed E-state index contributed by atoms with van der Waals surface area (Å²) in [7, 11) is 0. The molecule has 0 aliphatic carbocycles. The van der Waals surface area contributed by atoms with Crippen molar-refractivity contribution >= 4 is 44.7 Å². The average Bonchev–Trinajstić information content (AvgIpc) is 3.11. The highest BCUT2D eigenvalue weighted by Gasteiger charge is 2.07. The first kappa shape index (κ1) is 17.5. The number of hydrogen-bond acceptors (Lipinski definition) is 4. The summed E-state index contributed by atoms with van der Waals surface area (Å²) < 4.78 is 6.95. The number of fused-ring (bicyclic) bond motifs is 1. The lowest BCUT2D eigenvalue weighted by Gasteiger charge is -2.07. The molecule has 0 aliphatic rings. The minimum Gasteiger partial charge on any atom is -0.486 e. The van der Waals surface area contributed by atoms with Crippen molar-refractivity contribution in [3.63, 3.8) is 0 Å². The number of para-hydroxylation sites is 1. The lowest BCUT2D eigenvalue weighted by molar-refractivity contribution is 0.102. The van der Waals surface area contributed by atoms with Gasteiger partial charge in [-0.25, -0.2) is 4.98 Å². The fraction of sp³-hybridized carbons (Fsp3) is 0.0476. The number of aromatic nitrogens is 1. The number of amides is 1. The SMILES string of the molecule is O=C(Nc1ccc(OCc2nc3ccccc3s2)cc1)c1ccc(Cl)cc1. The largest absolute Gasteiger partial charge is 0.486 e. The van der Waals surface area contributed by atoms with Crippen LogP contribution in [0.1, 0.15) is 15.4 Å². The standard InChI is InChI=1S/C21H15ClN2O2S/c22-15-7-5-14(6-8-15)21(25)23-16-9-11-17(12-10-16)26-13-20-24-18-3-1-2-4-19(18)27-20/h1-12H,13H2,(H,23,25). The van der Waals surface area contributed by atoms with E-state index in [9.17, 15) is 4.79 Å². The molecular weight excluding hydrogens is 380 g/mol. The van der Waals surface area contributed by atoms with Gasteiger partial charge in [0.15, 0.2) is 0 Å². The minimum absolute atomic E-state index is 0.185. The zero-order valence-electron chi connectivity index (χ0n) is 14.2. The Labute approximate surface area is 165 Å². The van der Waals surface area contributed by atoms with E-state index in [-0.39, 0.29) is 5.91 Å². The van der Waals surface area contributed by atoms with E-state index >= 15 is 0 Å². The number of hydrogen-bond donors (Lipinski definition) is 1. The van der Waals surface area contributed by atoms with Crippen molar-refractivity contribution in [2.24, 2.45) is 0 Å². The second-order valence-corrected chi connectivity index (χ2v) is 7.40. The molecule has 27 heavy (non-hydrogen) atoms. The number of anilines is 1. The molecule has 0 aliphatic heterocycles. The molecule has 4 aromatic rings. The van der Waals surface area contributed by atoms with E-state index in [1.807, 2.05) is 42.5 Å². The maximum absolute atomic E-state index is 12.2.